The number of carbonyl (C=O) groups is 4. The van der Waals surface area contributed by atoms with Crippen molar-refractivity contribution < 1.29 is 23.9 Å². The van der Waals surface area contributed by atoms with Gasteiger partial charge in [0.2, 0.25) is 23.6 Å². The Hall–Kier alpha value is -3.16. The van der Waals surface area contributed by atoms with Crippen molar-refractivity contribution in [1.29, 1.82) is 0 Å². The normalized spacial score (nSPS) is 22.8. The second-order valence-corrected chi connectivity index (χ2v) is 10.1. The third-order valence-electron chi connectivity index (χ3n) is 7.75. The van der Waals surface area contributed by atoms with Crippen LogP contribution in [0.5, 0.6) is 5.75 Å². The van der Waals surface area contributed by atoms with E-state index in [0.717, 1.165) is 31.2 Å². The molecule has 1 aliphatic heterocycles. The maximum atomic E-state index is 13.5. The maximum absolute atomic E-state index is 13.5. The fourth-order valence-electron chi connectivity index (χ4n) is 5.56. The number of allylic oxidation sites excluding steroid dienone is 2. The van der Waals surface area contributed by atoms with E-state index in [9.17, 15) is 19.2 Å². The van der Waals surface area contributed by atoms with Crippen LogP contribution >= 0.6 is 0 Å². The quantitative estimate of drug-likeness (QED) is 0.419. The van der Waals surface area contributed by atoms with Crippen molar-refractivity contribution in [3.05, 3.63) is 42.0 Å². The van der Waals surface area contributed by atoms with Crippen molar-refractivity contribution in [1.82, 2.24) is 15.1 Å². The molecule has 2 aliphatic carbocycles. The summed E-state index contributed by atoms with van der Waals surface area (Å²) < 4.78 is 5.32. The van der Waals surface area contributed by atoms with Crippen LogP contribution in [0.15, 0.2) is 36.4 Å². The second kappa shape index (κ2) is 11.7. The Morgan fingerprint density at radius 2 is 1.75 bits per heavy atom. The summed E-state index contributed by atoms with van der Waals surface area (Å²) in [5.41, 5.74) is 0.838. The zero-order valence-corrected chi connectivity index (χ0v) is 21.3. The van der Waals surface area contributed by atoms with Crippen molar-refractivity contribution in [2.75, 3.05) is 13.7 Å². The van der Waals surface area contributed by atoms with Crippen LogP contribution in [0.3, 0.4) is 0 Å². The smallest absolute Gasteiger partial charge is 0.242 e. The Morgan fingerprint density at radius 1 is 1.08 bits per heavy atom. The lowest BCUT2D eigenvalue weighted by molar-refractivity contribution is -0.144. The van der Waals surface area contributed by atoms with Gasteiger partial charge in [-0.2, -0.15) is 0 Å². The molecule has 4 rings (SSSR count). The third-order valence-corrected chi connectivity index (χ3v) is 7.75. The summed E-state index contributed by atoms with van der Waals surface area (Å²) in [6.45, 7) is 2.00. The number of likely N-dealkylation sites (tertiary alicyclic amines) is 1. The van der Waals surface area contributed by atoms with Crippen LogP contribution in [0.4, 0.5) is 0 Å². The van der Waals surface area contributed by atoms with Crippen LogP contribution in [0.25, 0.3) is 0 Å². The lowest BCUT2D eigenvalue weighted by Crippen LogP contribution is -2.51. The van der Waals surface area contributed by atoms with Crippen LogP contribution in [-0.4, -0.2) is 59.2 Å². The van der Waals surface area contributed by atoms with Gasteiger partial charge >= 0.3 is 0 Å². The van der Waals surface area contributed by atoms with Gasteiger partial charge in [0.15, 0.2) is 0 Å². The molecule has 8 nitrogen and oxygen atoms in total. The summed E-state index contributed by atoms with van der Waals surface area (Å²) >= 11 is 0. The van der Waals surface area contributed by atoms with Gasteiger partial charge in [-0.1, -0.05) is 43.5 Å². The monoisotopic (exact) mass is 495 g/mol. The van der Waals surface area contributed by atoms with Gasteiger partial charge in [-0.25, -0.2) is 0 Å². The molecule has 1 saturated carbocycles. The van der Waals surface area contributed by atoms with Gasteiger partial charge in [-0.3, -0.25) is 24.1 Å². The van der Waals surface area contributed by atoms with Crippen molar-refractivity contribution in [2.24, 2.45) is 11.8 Å². The Labute approximate surface area is 213 Å². The van der Waals surface area contributed by atoms with Crippen LogP contribution in [-0.2, 0) is 25.7 Å². The number of ether oxygens (including phenoxy) is 1. The van der Waals surface area contributed by atoms with E-state index in [1.165, 1.54) is 11.3 Å². The number of hydrogen-bond donors (Lipinski definition) is 1. The summed E-state index contributed by atoms with van der Waals surface area (Å²) in [4.78, 5) is 55.1. The highest BCUT2D eigenvalue weighted by atomic mass is 16.5. The summed E-state index contributed by atoms with van der Waals surface area (Å²) in [6, 6.07) is 6.85. The summed E-state index contributed by atoms with van der Waals surface area (Å²) in [5.74, 6) is -0.782. The van der Waals surface area contributed by atoms with Gasteiger partial charge in [-0.05, 0) is 50.3 Å². The number of amides is 4. The molecule has 2 fully saturated rings. The van der Waals surface area contributed by atoms with Gasteiger partial charge in [-0.15, -0.1) is 0 Å². The number of fused-ring (bicyclic) bond motifs is 1. The molecule has 1 aromatic carbocycles. The number of imide groups is 1. The minimum Gasteiger partial charge on any atom is -0.497 e. The molecule has 8 heteroatoms. The Kier molecular flexibility index (Phi) is 8.44. The molecule has 0 bridgehead atoms. The molecule has 1 saturated heterocycles. The molecule has 4 amide bonds. The van der Waals surface area contributed by atoms with Gasteiger partial charge in [0, 0.05) is 25.6 Å². The van der Waals surface area contributed by atoms with Crippen LogP contribution in [0, 0.1) is 11.8 Å². The van der Waals surface area contributed by atoms with Crippen LogP contribution in [0.2, 0.25) is 0 Å². The molecule has 1 heterocycles. The highest BCUT2D eigenvalue weighted by molar-refractivity contribution is 6.05. The summed E-state index contributed by atoms with van der Waals surface area (Å²) in [6.07, 6.45) is 10.3. The highest BCUT2D eigenvalue weighted by Crippen LogP contribution is 2.35. The molecule has 1 aromatic rings. The number of carbonyl (C=O) groups excluding carboxylic acids is 4. The maximum Gasteiger partial charge on any atom is 0.242 e. The minimum atomic E-state index is -0.692. The lowest BCUT2D eigenvalue weighted by Gasteiger charge is -2.31. The third kappa shape index (κ3) is 5.79. The van der Waals surface area contributed by atoms with E-state index >= 15 is 0 Å². The van der Waals surface area contributed by atoms with Crippen molar-refractivity contribution in [3.8, 4) is 5.75 Å². The van der Waals surface area contributed by atoms with Crippen molar-refractivity contribution >= 4 is 23.6 Å². The molecule has 0 unspecified atom stereocenters. The fourth-order valence-corrected chi connectivity index (χ4v) is 5.56. The fraction of sp³-hybridized carbons (Fsp3) is 0.571. The zero-order chi connectivity index (χ0) is 25.7. The number of benzene rings is 1. The lowest BCUT2D eigenvalue weighted by atomic mass is 9.85. The van der Waals surface area contributed by atoms with E-state index < -0.39 is 6.04 Å². The second-order valence-electron chi connectivity index (χ2n) is 10.1. The summed E-state index contributed by atoms with van der Waals surface area (Å²) in [7, 11) is 1.58. The van der Waals surface area contributed by atoms with Gasteiger partial charge in [0.1, 0.15) is 11.8 Å². The first-order chi connectivity index (χ1) is 17.4. The first-order valence-corrected chi connectivity index (χ1v) is 13.1. The van der Waals surface area contributed by atoms with E-state index in [4.69, 9.17) is 4.74 Å². The van der Waals surface area contributed by atoms with Crippen molar-refractivity contribution in [3.63, 3.8) is 0 Å². The Morgan fingerprint density at radius 3 is 2.39 bits per heavy atom. The van der Waals surface area contributed by atoms with E-state index in [1.807, 2.05) is 36.4 Å². The topological polar surface area (TPSA) is 96.0 Å². The van der Waals surface area contributed by atoms with Gasteiger partial charge in [0.05, 0.1) is 18.9 Å². The number of methoxy groups -OCH3 is 1. The molecule has 36 heavy (non-hydrogen) atoms. The summed E-state index contributed by atoms with van der Waals surface area (Å²) in [5, 5.41) is 3.12. The highest BCUT2D eigenvalue weighted by Gasteiger charge is 2.47. The molecular weight excluding hydrogens is 458 g/mol. The molecule has 0 radical (unpaired) electrons. The largest absolute Gasteiger partial charge is 0.497 e. The first kappa shape index (κ1) is 25.9. The predicted octanol–water partition coefficient (Wildman–Crippen LogP) is 3.20. The Bertz CT molecular complexity index is 990. The van der Waals surface area contributed by atoms with Gasteiger partial charge in [0.25, 0.3) is 0 Å². The predicted molar refractivity (Wildman–Crippen MR) is 135 cm³/mol. The molecule has 194 valence electrons. The minimum absolute atomic E-state index is 0.0185. The SMILES string of the molecule is COc1cccc(CN(C(=O)CCN2C(=O)[C@H]3CC=CC[C@H]3C2=O)[C@@H](C)C(=O)NC2CCCCC2)c1. The van der Waals surface area contributed by atoms with E-state index in [0.29, 0.717) is 18.6 Å². The number of hydrogen-bond acceptors (Lipinski definition) is 5. The standard InChI is InChI=1S/C28H37N3O5/c1-19(26(33)29-21-10-4-3-5-11-21)31(18-20-9-8-12-22(17-20)36-2)25(32)15-16-30-27(34)23-13-6-7-14-24(23)28(30)35/h6-9,12,17,19,21,23-24H,3-5,10-11,13-16,18H2,1-2H3,(H,29,33)/t19-,23-,24+/m0/s1. The van der Waals surface area contributed by atoms with E-state index in [-0.39, 0.29) is 61.0 Å². The number of nitrogens with zero attached hydrogens (tertiary/aromatic N) is 2. The molecular formula is C28H37N3O5. The first-order valence-electron chi connectivity index (χ1n) is 13.1. The van der Waals surface area contributed by atoms with Gasteiger partial charge < -0.3 is 15.0 Å². The van der Waals surface area contributed by atoms with Crippen LogP contribution in [0.1, 0.15) is 63.9 Å². The molecule has 0 aromatic heterocycles. The zero-order valence-electron chi connectivity index (χ0n) is 21.3. The van der Waals surface area contributed by atoms with Crippen LogP contribution < -0.4 is 10.1 Å². The Balaban J connectivity index is 1.45. The molecule has 3 aliphatic rings. The molecule has 0 spiro atoms. The average molecular weight is 496 g/mol. The molecule has 3 atom stereocenters. The van der Waals surface area contributed by atoms with Crippen molar-refractivity contribution in [2.45, 2.75) is 76.9 Å². The number of rotatable bonds is 9. The number of nitrogens with one attached hydrogen (secondary N) is 1. The van der Waals surface area contributed by atoms with E-state index in [2.05, 4.69) is 5.32 Å². The molecule has 1 N–H and O–H groups in total. The average Bonchev–Trinajstić information content (AvgIpc) is 3.15. The van der Waals surface area contributed by atoms with E-state index in [1.54, 1.807) is 18.9 Å².